The molecule has 0 saturated heterocycles. The van der Waals surface area contributed by atoms with Crippen molar-refractivity contribution in [1.82, 2.24) is 0 Å². The van der Waals surface area contributed by atoms with Crippen molar-refractivity contribution < 1.29 is 9.47 Å². The zero-order chi connectivity index (χ0) is 58.3. The molecule has 14 aromatic carbocycles. The lowest BCUT2D eigenvalue weighted by Gasteiger charge is -2.28. The molecule has 6 heteroatoms. The Morgan fingerprint density at radius 2 is 0.488 bits per heavy atom. The highest BCUT2D eigenvalue weighted by atomic mass is 16.5. The lowest BCUT2D eigenvalue weighted by Crippen LogP contribution is -2.11. The van der Waals surface area contributed by atoms with E-state index in [1.165, 1.54) is 65.3 Å². The Bertz CT molecular complexity index is 4460. The number of methoxy groups -OCH3 is 2. The molecule has 416 valence electrons. The number of hydrogen-bond donors (Lipinski definition) is 0. The van der Waals surface area contributed by atoms with E-state index in [1.54, 1.807) is 14.2 Å². The summed E-state index contributed by atoms with van der Waals surface area (Å²) in [5, 5.41) is 9.78. The maximum absolute atomic E-state index is 5.41. The highest BCUT2D eigenvalue weighted by Gasteiger charge is 2.20. The first kappa shape index (κ1) is 54.2. The van der Waals surface area contributed by atoms with E-state index in [-0.39, 0.29) is 0 Å². The van der Waals surface area contributed by atoms with Crippen LogP contribution in [-0.2, 0) is 0 Å². The predicted octanol–water partition coefficient (Wildman–Crippen LogP) is 21.8. The van der Waals surface area contributed by atoms with Crippen molar-refractivity contribution in [2.45, 2.75) is 0 Å². The fraction of sp³-hybridized carbons (Fsp3) is 0.0500. The Kier molecular flexibility index (Phi) is 15.4. The van der Waals surface area contributed by atoms with Gasteiger partial charge in [-0.05, 0) is 153 Å². The predicted molar refractivity (Wildman–Crippen MR) is 365 cm³/mol. The molecule has 14 rings (SSSR count). The molecule has 0 unspecified atom stereocenters. The van der Waals surface area contributed by atoms with E-state index in [0.717, 1.165) is 68.4 Å². The van der Waals surface area contributed by atoms with Crippen LogP contribution in [0, 0.1) is 0 Å². The summed E-state index contributed by atoms with van der Waals surface area (Å²) in [6.07, 6.45) is 0. The topological polar surface area (TPSA) is 31.4 Å². The summed E-state index contributed by atoms with van der Waals surface area (Å²) < 4.78 is 10.7. The van der Waals surface area contributed by atoms with Crippen molar-refractivity contribution in [3.05, 3.63) is 315 Å². The third-order valence-corrected chi connectivity index (χ3v) is 16.4. The summed E-state index contributed by atoms with van der Waals surface area (Å²) in [5.41, 5.74) is 16.0. The lowest BCUT2D eigenvalue weighted by molar-refractivity contribution is 0.415. The van der Waals surface area contributed by atoms with Crippen LogP contribution in [0.25, 0.3) is 65.3 Å². The molecular weight excluding hydrogens is 1050 g/mol. The molecule has 0 saturated carbocycles. The minimum absolute atomic E-state index is 0.849. The first-order valence-electron chi connectivity index (χ1n) is 29.1. The van der Waals surface area contributed by atoms with E-state index in [9.17, 15) is 0 Å². The normalized spacial score (nSPS) is 11.0. The molecule has 6 nitrogen and oxygen atoms in total. The number of fused-ring (bicyclic) bond motifs is 4. The minimum atomic E-state index is 0.849. The molecule has 0 bridgehead atoms. The molecule has 0 aliphatic carbocycles. The highest BCUT2D eigenvalue weighted by molar-refractivity contribution is 6.06. The van der Waals surface area contributed by atoms with Crippen LogP contribution in [0.2, 0.25) is 0 Å². The molecule has 0 heterocycles. The van der Waals surface area contributed by atoms with Gasteiger partial charge in [-0.1, -0.05) is 200 Å². The van der Waals surface area contributed by atoms with E-state index in [1.807, 2.05) is 30.3 Å². The smallest absolute Gasteiger partial charge is 0.120 e. The van der Waals surface area contributed by atoms with Gasteiger partial charge in [-0.15, -0.1) is 0 Å². The van der Waals surface area contributed by atoms with Crippen molar-refractivity contribution >= 4 is 100.0 Å². The lowest BCUT2D eigenvalue weighted by atomic mass is 10.0. The average Bonchev–Trinajstić information content (AvgIpc) is 2.31. The fourth-order valence-electron chi connectivity index (χ4n) is 11.7. The van der Waals surface area contributed by atoms with Crippen LogP contribution in [0.3, 0.4) is 0 Å². The third-order valence-electron chi connectivity index (χ3n) is 16.4. The Labute approximate surface area is 503 Å². The van der Waals surface area contributed by atoms with E-state index in [4.69, 9.17) is 9.47 Å². The van der Waals surface area contributed by atoms with Crippen LogP contribution in [0.1, 0.15) is 0 Å². The largest absolute Gasteiger partial charge is 0.497 e. The van der Waals surface area contributed by atoms with Crippen LogP contribution >= 0.6 is 0 Å². The van der Waals surface area contributed by atoms with Crippen LogP contribution in [0.15, 0.2) is 315 Å². The number of rotatable bonds is 14. The molecular formula is C80H64N4O2. The Hall–Kier alpha value is -11.1. The highest BCUT2D eigenvalue weighted by Crippen LogP contribution is 2.45. The van der Waals surface area contributed by atoms with Crippen molar-refractivity contribution in [1.29, 1.82) is 0 Å². The van der Waals surface area contributed by atoms with E-state index < -0.39 is 0 Å². The van der Waals surface area contributed by atoms with Crippen LogP contribution in [-0.4, -0.2) is 28.3 Å². The summed E-state index contributed by atoms with van der Waals surface area (Å²) >= 11 is 0. The monoisotopic (exact) mass is 1110 g/mol. The summed E-state index contributed by atoms with van der Waals surface area (Å²) in [5.74, 6) is 1.71. The second-order valence-corrected chi connectivity index (χ2v) is 21.4. The van der Waals surface area contributed by atoms with Crippen LogP contribution in [0.5, 0.6) is 11.5 Å². The number of nitrogens with zero attached hydrogens (tertiary/aromatic N) is 4. The molecule has 0 spiro atoms. The Morgan fingerprint density at radius 1 is 0.221 bits per heavy atom. The number of hydrogen-bond acceptors (Lipinski definition) is 6. The quantitative estimate of drug-likeness (QED) is 0.108. The number of ether oxygens (including phenoxy) is 2. The second-order valence-electron chi connectivity index (χ2n) is 21.4. The van der Waals surface area contributed by atoms with Gasteiger partial charge in [0.15, 0.2) is 0 Å². The summed E-state index contributed by atoms with van der Waals surface area (Å²) in [7, 11) is 7.55. The van der Waals surface area contributed by atoms with Gasteiger partial charge in [-0.25, -0.2) is 0 Å². The van der Waals surface area contributed by atoms with Crippen molar-refractivity contribution in [2.75, 3.05) is 47.9 Å². The zero-order valence-electron chi connectivity index (χ0n) is 48.6. The number of anilines is 10. The van der Waals surface area contributed by atoms with Gasteiger partial charge in [-0.3, -0.25) is 0 Å². The molecule has 0 amide bonds. The molecule has 0 radical (unpaired) electrons. The second kappa shape index (κ2) is 24.4. The van der Waals surface area contributed by atoms with E-state index in [0.29, 0.717) is 0 Å². The van der Waals surface area contributed by atoms with Crippen LogP contribution < -0.4 is 29.1 Å². The summed E-state index contributed by atoms with van der Waals surface area (Å²) in [6.45, 7) is 0. The zero-order valence-corrected chi connectivity index (χ0v) is 48.6. The van der Waals surface area contributed by atoms with E-state index >= 15 is 0 Å². The molecule has 0 aliphatic heterocycles. The Morgan fingerprint density at radius 3 is 0.814 bits per heavy atom. The molecule has 0 aliphatic rings. The van der Waals surface area contributed by atoms with Gasteiger partial charge in [0.25, 0.3) is 0 Å². The average molecular weight is 1110 g/mol. The van der Waals surface area contributed by atoms with E-state index in [2.05, 4.69) is 319 Å². The molecule has 86 heavy (non-hydrogen) atoms. The van der Waals surface area contributed by atoms with Gasteiger partial charge in [-0.2, -0.15) is 0 Å². The first-order chi connectivity index (χ1) is 42.4. The summed E-state index contributed by atoms with van der Waals surface area (Å²) in [4.78, 5) is 9.13. The van der Waals surface area contributed by atoms with Crippen molar-refractivity contribution in [2.24, 2.45) is 0 Å². The maximum atomic E-state index is 5.41. The SMILES string of the molecule is COc1ccc(N(C)c2ccc(-c3ccc(N(c4cccc5ccccc45)c4cccc5ccccc45)cc3)cc2)cc1.COc1cccc(N(C)c2ccc(-c3ccc(N(c4cccc5ccccc45)c4cccc5ccccc45)cc3)cc2)c1. The third kappa shape index (κ3) is 11.0. The standard InChI is InChI=1S/2C40H32N2O/c1-41(35-14-9-15-36(28-35)43-2)33-24-20-29(21-25-33)30-22-26-34(27-23-30)42(39-18-7-12-31-10-3-5-16-37(31)39)40-19-8-13-32-11-4-6-17-38(32)40;1-41(34-25-27-36(43-2)28-26-34)33-21-17-29(18-22-33)30-19-23-35(24-20-30)42(39-15-7-11-31-9-3-5-13-37(31)39)40-16-8-12-32-10-4-6-14-38(32)40/h2*3-28H,1-2H3. The van der Waals surface area contributed by atoms with Gasteiger partial charge in [0, 0.05) is 75.8 Å². The molecule has 0 N–H and O–H groups in total. The molecule has 0 fully saturated rings. The van der Waals surface area contributed by atoms with Crippen molar-refractivity contribution in [3.63, 3.8) is 0 Å². The van der Waals surface area contributed by atoms with Crippen LogP contribution in [0.4, 0.5) is 56.9 Å². The maximum Gasteiger partial charge on any atom is 0.120 e. The summed E-state index contributed by atoms with van der Waals surface area (Å²) in [6, 6.07) is 112. The Balaban J connectivity index is 0.000000160. The molecule has 0 aromatic heterocycles. The van der Waals surface area contributed by atoms with Gasteiger partial charge in [0.1, 0.15) is 11.5 Å². The molecule has 0 atom stereocenters. The van der Waals surface area contributed by atoms with Gasteiger partial charge in [0.05, 0.1) is 37.0 Å². The van der Waals surface area contributed by atoms with Crippen molar-refractivity contribution in [3.8, 4) is 33.8 Å². The fourth-order valence-corrected chi connectivity index (χ4v) is 11.7. The molecule has 14 aromatic rings. The van der Waals surface area contributed by atoms with Gasteiger partial charge >= 0.3 is 0 Å². The number of benzene rings is 14. The minimum Gasteiger partial charge on any atom is -0.497 e. The van der Waals surface area contributed by atoms with Gasteiger partial charge in [0.2, 0.25) is 0 Å². The van der Waals surface area contributed by atoms with Gasteiger partial charge < -0.3 is 29.1 Å². The first-order valence-corrected chi connectivity index (χ1v) is 29.1.